The minimum Gasteiger partial charge on any atom is -0.366 e. The molecule has 0 radical (unpaired) electrons. The molecule has 0 aliphatic heterocycles. The molecule has 0 aliphatic carbocycles. The van der Waals surface area contributed by atoms with Gasteiger partial charge in [-0.25, -0.2) is 0 Å². The summed E-state index contributed by atoms with van der Waals surface area (Å²) < 4.78 is 0. The van der Waals surface area contributed by atoms with Crippen LogP contribution in [0.25, 0.3) is 5.57 Å². The topological polar surface area (TPSA) is 60.2 Å². The van der Waals surface area contributed by atoms with Crippen LogP contribution in [0.5, 0.6) is 0 Å². The molecule has 0 fully saturated rings. The summed E-state index contributed by atoms with van der Waals surface area (Å²) >= 11 is 0. The number of carbonyl (C=O) groups excluding carboxylic acids is 2. The van der Waals surface area contributed by atoms with Crippen molar-refractivity contribution >= 4 is 17.8 Å². The maximum Gasteiger partial charge on any atom is 0.244 e. The summed E-state index contributed by atoms with van der Waals surface area (Å²) in [6.07, 6.45) is 0.782. The molecule has 0 spiro atoms. The third-order valence-electron chi connectivity index (χ3n) is 2.41. The lowest BCUT2D eigenvalue weighted by Gasteiger charge is -2.05. The molecule has 3 nitrogen and oxygen atoms in total. The normalized spacial score (nSPS) is 11.9. The highest BCUT2D eigenvalue weighted by molar-refractivity contribution is 5.99. The molecule has 0 heterocycles. The van der Waals surface area contributed by atoms with Gasteiger partial charge in [-0.2, -0.15) is 0 Å². The molecule has 1 amide bonds. The zero-order valence-electron chi connectivity index (χ0n) is 8.78. The number of aldehydes is 1. The quantitative estimate of drug-likeness (QED) is 0.601. The Morgan fingerprint density at radius 3 is 2.13 bits per heavy atom. The highest BCUT2D eigenvalue weighted by atomic mass is 16.1. The van der Waals surface area contributed by atoms with E-state index in [1.807, 2.05) is 6.92 Å². The molecular weight excluding hydrogens is 190 g/mol. The van der Waals surface area contributed by atoms with E-state index in [9.17, 15) is 9.59 Å². The molecule has 0 saturated carbocycles. The molecule has 78 valence electrons. The van der Waals surface area contributed by atoms with Crippen molar-refractivity contribution in [1.82, 2.24) is 0 Å². The van der Waals surface area contributed by atoms with Gasteiger partial charge in [0, 0.05) is 11.1 Å². The van der Waals surface area contributed by atoms with E-state index in [-0.39, 0.29) is 0 Å². The Morgan fingerprint density at radius 1 is 1.20 bits per heavy atom. The maximum absolute atomic E-state index is 10.9. The molecule has 0 aliphatic rings. The van der Waals surface area contributed by atoms with Crippen LogP contribution in [0.15, 0.2) is 29.8 Å². The van der Waals surface area contributed by atoms with Crippen LogP contribution in [-0.2, 0) is 4.79 Å². The molecule has 2 N–H and O–H groups in total. The fraction of sp³-hybridized carbons (Fsp3) is 0.167. The van der Waals surface area contributed by atoms with Crippen molar-refractivity contribution in [2.24, 2.45) is 5.73 Å². The molecule has 0 atom stereocenters. The predicted molar refractivity (Wildman–Crippen MR) is 59.3 cm³/mol. The SMILES string of the molecule is CC(C(N)=O)=C(C)c1ccc(C=O)cc1. The number of hydrogen-bond acceptors (Lipinski definition) is 2. The van der Waals surface area contributed by atoms with E-state index in [2.05, 4.69) is 0 Å². The van der Waals surface area contributed by atoms with E-state index in [1.54, 1.807) is 31.2 Å². The summed E-state index contributed by atoms with van der Waals surface area (Å²) in [5.41, 5.74) is 8.06. The van der Waals surface area contributed by atoms with Crippen LogP contribution < -0.4 is 5.73 Å². The third-order valence-corrected chi connectivity index (χ3v) is 2.41. The average molecular weight is 203 g/mol. The van der Waals surface area contributed by atoms with Gasteiger partial charge in [-0.15, -0.1) is 0 Å². The Balaban J connectivity index is 3.12. The van der Waals surface area contributed by atoms with Crippen molar-refractivity contribution in [3.05, 3.63) is 41.0 Å². The van der Waals surface area contributed by atoms with Gasteiger partial charge in [0.25, 0.3) is 0 Å². The summed E-state index contributed by atoms with van der Waals surface area (Å²) in [5, 5.41) is 0. The number of allylic oxidation sites excluding steroid dienone is 1. The molecular formula is C12H13NO2. The van der Waals surface area contributed by atoms with E-state index in [0.717, 1.165) is 17.4 Å². The summed E-state index contributed by atoms with van der Waals surface area (Å²) in [4.78, 5) is 21.4. The van der Waals surface area contributed by atoms with Crippen molar-refractivity contribution in [3.63, 3.8) is 0 Å². The standard InChI is InChI=1S/C12H13NO2/c1-8(9(2)12(13)15)11-5-3-10(7-14)4-6-11/h3-7H,1-2H3,(H2,13,15). The first-order valence-electron chi connectivity index (χ1n) is 4.59. The monoisotopic (exact) mass is 203 g/mol. The molecule has 0 aromatic heterocycles. The first kappa shape index (κ1) is 11.2. The molecule has 1 aromatic carbocycles. The van der Waals surface area contributed by atoms with Gasteiger partial charge in [0.2, 0.25) is 5.91 Å². The van der Waals surface area contributed by atoms with Crippen LogP contribution in [0, 0.1) is 0 Å². The number of primary amides is 1. The number of carbonyl (C=O) groups is 2. The van der Waals surface area contributed by atoms with Gasteiger partial charge in [-0.1, -0.05) is 24.3 Å². The van der Waals surface area contributed by atoms with Crippen molar-refractivity contribution in [2.75, 3.05) is 0 Å². The van der Waals surface area contributed by atoms with E-state index >= 15 is 0 Å². The molecule has 1 rings (SSSR count). The van der Waals surface area contributed by atoms with Gasteiger partial charge in [-0.05, 0) is 25.0 Å². The van der Waals surface area contributed by atoms with E-state index in [1.165, 1.54) is 0 Å². The molecule has 1 aromatic rings. The van der Waals surface area contributed by atoms with Crippen molar-refractivity contribution in [2.45, 2.75) is 13.8 Å². The second-order valence-corrected chi connectivity index (χ2v) is 3.35. The minimum absolute atomic E-state index is 0.424. The highest BCUT2D eigenvalue weighted by Gasteiger charge is 2.05. The van der Waals surface area contributed by atoms with Gasteiger partial charge in [0.05, 0.1) is 0 Å². The summed E-state index contributed by atoms with van der Waals surface area (Å²) in [5.74, 6) is -0.424. The second kappa shape index (κ2) is 4.55. The van der Waals surface area contributed by atoms with Gasteiger partial charge in [-0.3, -0.25) is 9.59 Å². The first-order chi connectivity index (χ1) is 7.06. The van der Waals surface area contributed by atoms with Crippen LogP contribution in [0.2, 0.25) is 0 Å². The summed E-state index contributed by atoms with van der Waals surface area (Å²) in [6, 6.07) is 7.01. The Bertz CT molecular complexity index is 416. The third kappa shape index (κ3) is 2.53. The molecule has 15 heavy (non-hydrogen) atoms. The second-order valence-electron chi connectivity index (χ2n) is 3.35. The van der Waals surface area contributed by atoms with Crippen molar-refractivity contribution < 1.29 is 9.59 Å². The van der Waals surface area contributed by atoms with Gasteiger partial charge < -0.3 is 5.73 Å². The lowest BCUT2D eigenvalue weighted by atomic mass is 10.0. The lowest BCUT2D eigenvalue weighted by Crippen LogP contribution is -2.12. The van der Waals surface area contributed by atoms with Crippen LogP contribution >= 0.6 is 0 Å². The zero-order chi connectivity index (χ0) is 11.4. The van der Waals surface area contributed by atoms with E-state index in [0.29, 0.717) is 11.1 Å². The highest BCUT2D eigenvalue weighted by Crippen LogP contribution is 2.17. The Kier molecular flexibility index (Phi) is 3.39. The molecule has 3 heteroatoms. The molecule has 0 bridgehead atoms. The molecule has 0 unspecified atom stereocenters. The van der Waals surface area contributed by atoms with Gasteiger partial charge >= 0.3 is 0 Å². The fourth-order valence-corrected chi connectivity index (χ4v) is 1.21. The molecule has 0 saturated heterocycles. The number of nitrogens with two attached hydrogens (primary N) is 1. The smallest absolute Gasteiger partial charge is 0.244 e. The van der Waals surface area contributed by atoms with Crippen LogP contribution in [0.3, 0.4) is 0 Å². The number of rotatable bonds is 3. The summed E-state index contributed by atoms with van der Waals surface area (Å²) in [7, 11) is 0. The number of amides is 1. The van der Waals surface area contributed by atoms with Gasteiger partial charge in [0.15, 0.2) is 0 Å². The first-order valence-corrected chi connectivity index (χ1v) is 4.59. The van der Waals surface area contributed by atoms with Gasteiger partial charge in [0.1, 0.15) is 6.29 Å². The largest absolute Gasteiger partial charge is 0.366 e. The van der Waals surface area contributed by atoms with Crippen LogP contribution in [-0.4, -0.2) is 12.2 Å². The number of hydrogen-bond donors (Lipinski definition) is 1. The van der Waals surface area contributed by atoms with Crippen molar-refractivity contribution in [3.8, 4) is 0 Å². The van der Waals surface area contributed by atoms with Crippen LogP contribution in [0.4, 0.5) is 0 Å². The maximum atomic E-state index is 10.9. The average Bonchev–Trinajstić information content (AvgIpc) is 2.27. The summed E-state index contributed by atoms with van der Waals surface area (Å²) in [6.45, 7) is 3.52. The van der Waals surface area contributed by atoms with E-state index < -0.39 is 5.91 Å². The Morgan fingerprint density at radius 2 is 1.73 bits per heavy atom. The zero-order valence-corrected chi connectivity index (χ0v) is 8.78. The Labute approximate surface area is 88.6 Å². The minimum atomic E-state index is -0.424. The number of benzene rings is 1. The Hall–Kier alpha value is -1.90. The fourth-order valence-electron chi connectivity index (χ4n) is 1.21. The van der Waals surface area contributed by atoms with E-state index in [4.69, 9.17) is 5.73 Å². The van der Waals surface area contributed by atoms with Crippen LogP contribution in [0.1, 0.15) is 29.8 Å². The lowest BCUT2D eigenvalue weighted by molar-refractivity contribution is -0.114. The predicted octanol–water partition coefficient (Wildman–Crippen LogP) is 1.78. The van der Waals surface area contributed by atoms with Crippen molar-refractivity contribution in [1.29, 1.82) is 0 Å².